The molecule has 0 bridgehead atoms. The van der Waals surface area contributed by atoms with E-state index in [9.17, 15) is 13.2 Å². The summed E-state index contributed by atoms with van der Waals surface area (Å²) in [5.74, 6) is 0.438. The topological polar surface area (TPSA) is 58.7 Å². The van der Waals surface area contributed by atoms with E-state index in [1.54, 1.807) is 0 Å². The molecule has 1 aromatic rings. The number of ether oxygens (including phenoxy) is 1. The summed E-state index contributed by atoms with van der Waals surface area (Å²) in [4.78, 5) is 0. The lowest BCUT2D eigenvalue weighted by molar-refractivity contribution is -0.187. The largest absolute Gasteiger partial charge is 0.490 e. The van der Waals surface area contributed by atoms with Crippen LogP contribution in [-0.4, -0.2) is 12.3 Å². The minimum absolute atomic E-state index is 0.0976. The molecule has 0 aromatic heterocycles. The monoisotopic (exact) mass is 350 g/mol. The molecule has 0 saturated carbocycles. The van der Waals surface area contributed by atoms with E-state index < -0.39 is 11.8 Å². The van der Waals surface area contributed by atoms with Crippen LogP contribution < -0.4 is 4.74 Å². The van der Waals surface area contributed by atoms with Gasteiger partial charge in [0, 0.05) is 5.56 Å². The molecule has 0 unspecified atom stereocenters. The van der Waals surface area contributed by atoms with Crippen LogP contribution in [0.1, 0.15) is 19.4 Å². The molecule has 0 spiro atoms. The highest BCUT2D eigenvalue weighted by molar-refractivity contribution is 9.10. The van der Waals surface area contributed by atoms with E-state index in [-0.39, 0.29) is 11.7 Å². The fraction of sp³-hybridized carbons (Fsp3) is 0.455. The lowest BCUT2D eigenvalue weighted by atomic mass is 10.0. The molecule has 1 aliphatic heterocycles. The predicted octanol–water partition coefficient (Wildman–Crippen LogP) is 4.78. The summed E-state index contributed by atoms with van der Waals surface area (Å²) < 4.78 is 45.4. The van der Waals surface area contributed by atoms with Crippen molar-refractivity contribution < 1.29 is 17.9 Å². The Morgan fingerprint density at radius 3 is 2.25 bits per heavy atom. The Labute approximate surface area is 121 Å². The number of nitrogens with zero attached hydrogens (tertiary/aromatic N) is 4. The highest BCUT2D eigenvalue weighted by Gasteiger charge is 2.60. The van der Waals surface area contributed by atoms with E-state index in [2.05, 4.69) is 36.6 Å². The number of halogens is 4. The smallest absolute Gasteiger partial charge is 0.442 e. The average molecular weight is 351 g/mol. The molecule has 0 N–H and O–H groups in total. The van der Waals surface area contributed by atoms with Gasteiger partial charge in [0.15, 0.2) is 0 Å². The molecular weight excluding hydrogens is 341 g/mol. The van der Waals surface area contributed by atoms with E-state index in [0.717, 1.165) is 0 Å². The quantitative estimate of drug-likeness (QED) is 0.773. The lowest BCUT2D eigenvalue weighted by Gasteiger charge is -2.23. The Bertz CT molecular complexity index is 559. The van der Waals surface area contributed by atoms with Crippen LogP contribution in [-0.2, 0) is 5.66 Å². The summed E-state index contributed by atoms with van der Waals surface area (Å²) in [5, 5.41) is 12.3. The molecule has 1 aromatic carbocycles. The van der Waals surface area contributed by atoms with Gasteiger partial charge in [-0.05, 0) is 52.4 Å². The van der Waals surface area contributed by atoms with E-state index in [1.807, 2.05) is 13.8 Å². The first-order valence-electron chi connectivity index (χ1n) is 5.64. The normalized spacial score (nSPS) is 16.9. The maximum Gasteiger partial charge on any atom is 0.442 e. The van der Waals surface area contributed by atoms with Gasteiger partial charge in [0.2, 0.25) is 0 Å². The van der Waals surface area contributed by atoms with Crippen LogP contribution in [0.2, 0.25) is 0 Å². The minimum atomic E-state index is -4.73. The number of alkyl halides is 3. The molecule has 1 aliphatic rings. The molecule has 20 heavy (non-hydrogen) atoms. The van der Waals surface area contributed by atoms with Crippen molar-refractivity contribution >= 4 is 15.9 Å². The molecule has 0 atom stereocenters. The Balaban J connectivity index is 2.45. The van der Waals surface area contributed by atoms with Gasteiger partial charge in [-0.15, -0.1) is 10.2 Å². The number of benzene rings is 1. The summed E-state index contributed by atoms with van der Waals surface area (Å²) >= 11 is 3.18. The van der Waals surface area contributed by atoms with Crippen LogP contribution in [0.3, 0.4) is 0 Å². The second kappa shape index (κ2) is 5.12. The zero-order valence-electron chi connectivity index (χ0n) is 10.5. The highest BCUT2D eigenvalue weighted by atomic mass is 79.9. The fourth-order valence-corrected chi connectivity index (χ4v) is 2.12. The molecular formula is C11H10BrF3N4O. The average Bonchev–Trinajstić information content (AvgIpc) is 2.81. The van der Waals surface area contributed by atoms with Gasteiger partial charge in [0.05, 0.1) is 10.6 Å². The lowest BCUT2D eigenvalue weighted by Crippen LogP contribution is -2.37. The van der Waals surface area contributed by atoms with Gasteiger partial charge >= 0.3 is 11.8 Å². The Morgan fingerprint density at radius 1 is 1.20 bits per heavy atom. The summed E-state index contributed by atoms with van der Waals surface area (Å²) in [6.45, 7) is 3.63. The van der Waals surface area contributed by atoms with Gasteiger partial charge in [-0.2, -0.15) is 13.2 Å². The van der Waals surface area contributed by atoms with Crippen LogP contribution in [0, 0.1) is 0 Å². The molecule has 0 fully saturated rings. The van der Waals surface area contributed by atoms with Crippen LogP contribution in [0.25, 0.3) is 0 Å². The fourth-order valence-electron chi connectivity index (χ4n) is 1.65. The highest BCUT2D eigenvalue weighted by Crippen LogP contribution is 2.47. The molecule has 5 nitrogen and oxygen atoms in total. The van der Waals surface area contributed by atoms with Crippen molar-refractivity contribution in [2.45, 2.75) is 31.8 Å². The van der Waals surface area contributed by atoms with Gasteiger partial charge in [0.1, 0.15) is 5.75 Å². The van der Waals surface area contributed by atoms with E-state index in [1.165, 1.54) is 18.2 Å². The number of hydrogen-bond acceptors (Lipinski definition) is 5. The zero-order valence-corrected chi connectivity index (χ0v) is 12.1. The van der Waals surface area contributed by atoms with Crippen molar-refractivity contribution in [1.82, 2.24) is 0 Å². The van der Waals surface area contributed by atoms with Crippen molar-refractivity contribution in [3.05, 3.63) is 28.2 Å². The predicted molar refractivity (Wildman–Crippen MR) is 67.4 cm³/mol. The standard InChI is InChI=1S/C11H10BrF3N4O/c1-6(2)20-9-4-3-7(5-8(9)12)10(11(13,14)15)16-18-19-17-10/h3-6H,1-2H3. The van der Waals surface area contributed by atoms with E-state index in [4.69, 9.17) is 4.74 Å². The van der Waals surface area contributed by atoms with E-state index in [0.29, 0.717) is 10.2 Å². The Hall–Kier alpha value is -1.51. The summed E-state index contributed by atoms with van der Waals surface area (Å²) in [6, 6.07) is 3.93. The molecule has 0 amide bonds. The maximum atomic E-state index is 13.2. The maximum absolute atomic E-state index is 13.2. The van der Waals surface area contributed by atoms with Crippen molar-refractivity contribution in [2.24, 2.45) is 20.7 Å². The molecule has 9 heteroatoms. The molecule has 2 rings (SSSR count). The van der Waals surface area contributed by atoms with Crippen molar-refractivity contribution in [2.75, 3.05) is 0 Å². The molecule has 0 radical (unpaired) electrons. The Kier molecular flexibility index (Phi) is 3.81. The third kappa shape index (κ3) is 2.54. The van der Waals surface area contributed by atoms with Crippen LogP contribution in [0.15, 0.2) is 43.3 Å². The van der Waals surface area contributed by atoms with Gasteiger partial charge < -0.3 is 4.74 Å². The van der Waals surface area contributed by atoms with E-state index >= 15 is 0 Å². The van der Waals surface area contributed by atoms with Crippen LogP contribution in [0.5, 0.6) is 5.75 Å². The third-order valence-corrected chi connectivity index (χ3v) is 3.13. The van der Waals surface area contributed by atoms with Crippen molar-refractivity contribution in [3.63, 3.8) is 0 Å². The SMILES string of the molecule is CC(C)Oc1ccc(C2(C(F)(F)F)N=NN=N2)cc1Br. The summed E-state index contributed by atoms with van der Waals surface area (Å²) in [5.41, 5.74) is -2.95. The van der Waals surface area contributed by atoms with Crippen molar-refractivity contribution in [1.29, 1.82) is 0 Å². The first-order chi connectivity index (χ1) is 9.26. The first-order valence-corrected chi connectivity index (χ1v) is 6.43. The molecule has 1 heterocycles. The first kappa shape index (κ1) is 14.9. The van der Waals surface area contributed by atoms with Gasteiger partial charge in [-0.1, -0.05) is 6.07 Å². The van der Waals surface area contributed by atoms with Gasteiger partial charge in [-0.3, -0.25) is 0 Å². The Morgan fingerprint density at radius 2 is 1.80 bits per heavy atom. The van der Waals surface area contributed by atoms with Crippen LogP contribution >= 0.6 is 15.9 Å². The number of rotatable bonds is 3. The minimum Gasteiger partial charge on any atom is -0.490 e. The zero-order chi connectivity index (χ0) is 15.0. The van der Waals surface area contributed by atoms with Gasteiger partial charge in [0.25, 0.3) is 0 Å². The molecule has 108 valence electrons. The van der Waals surface area contributed by atoms with Crippen LogP contribution in [0.4, 0.5) is 13.2 Å². The summed E-state index contributed by atoms with van der Waals surface area (Å²) in [6.07, 6.45) is -4.82. The molecule has 0 aliphatic carbocycles. The second-order valence-corrected chi connectivity index (χ2v) is 5.22. The van der Waals surface area contributed by atoms with Crippen molar-refractivity contribution in [3.8, 4) is 5.75 Å². The molecule has 0 saturated heterocycles. The number of hydrogen-bond donors (Lipinski definition) is 0. The summed E-state index contributed by atoms with van der Waals surface area (Å²) in [7, 11) is 0. The third-order valence-electron chi connectivity index (χ3n) is 2.51. The van der Waals surface area contributed by atoms with Gasteiger partial charge in [-0.25, -0.2) is 0 Å². The second-order valence-electron chi connectivity index (χ2n) is 4.36.